The van der Waals surface area contributed by atoms with Gasteiger partial charge in [0, 0.05) is 0 Å². The maximum absolute atomic E-state index is 10.2. The van der Waals surface area contributed by atoms with Crippen LogP contribution in [0.2, 0.25) is 0 Å². The van der Waals surface area contributed by atoms with E-state index < -0.39 is 6.04 Å². The number of nitrogens with zero attached hydrogens (tertiary/aromatic N) is 2. The molecule has 1 aliphatic rings. The minimum atomic E-state index is -0.588. The van der Waals surface area contributed by atoms with Gasteiger partial charge in [0.15, 0.2) is 6.04 Å². The second-order valence-electron chi connectivity index (χ2n) is 3.08. The molecule has 3 heteroatoms. The average molecular weight is 152 g/mol. The van der Waals surface area contributed by atoms with Crippen molar-refractivity contribution >= 4 is 0 Å². The van der Waals surface area contributed by atoms with Gasteiger partial charge in [-0.2, -0.15) is 5.26 Å². The van der Waals surface area contributed by atoms with Crippen molar-refractivity contribution in [2.24, 2.45) is 11.1 Å². The van der Waals surface area contributed by atoms with Crippen molar-refractivity contribution in [2.45, 2.75) is 38.1 Å². The van der Waals surface area contributed by atoms with Crippen LogP contribution in [-0.4, -0.2) is 6.04 Å². The van der Waals surface area contributed by atoms with E-state index in [0.717, 1.165) is 25.7 Å². The van der Waals surface area contributed by atoms with Crippen LogP contribution in [0.5, 0.6) is 0 Å². The Kier molecular flexibility index (Phi) is 3.03. The highest BCUT2D eigenvalue weighted by molar-refractivity contribution is 4.95. The molecule has 1 rings (SSSR count). The van der Waals surface area contributed by atoms with Crippen molar-refractivity contribution in [1.29, 1.82) is 5.26 Å². The van der Waals surface area contributed by atoms with Gasteiger partial charge >= 0.3 is 0 Å². The molecule has 0 radical (unpaired) electrons. The molecule has 1 aliphatic carbocycles. The lowest BCUT2D eigenvalue weighted by molar-refractivity contribution is 0.336. The summed E-state index contributed by atoms with van der Waals surface area (Å²) in [5.74, 6) is 0.242. The molecule has 0 aliphatic heterocycles. The van der Waals surface area contributed by atoms with E-state index in [1.54, 1.807) is 0 Å². The second kappa shape index (κ2) is 4.07. The van der Waals surface area contributed by atoms with E-state index in [9.17, 15) is 4.91 Å². The molecule has 0 spiro atoms. The molecule has 0 aromatic rings. The Balaban J connectivity index is 2.44. The normalized spacial score (nSPS) is 22.1. The third-order valence-electron chi connectivity index (χ3n) is 2.34. The Morgan fingerprint density at radius 3 is 2.45 bits per heavy atom. The molecule has 0 heterocycles. The van der Waals surface area contributed by atoms with Gasteiger partial charge in [0.25, 0.3) is 0 Å². The number of hydrogen-bond donors (Lipinski definition) is 0. The van der Waals surface area contributed by atoms with Crippen molar-refractivity contribution in [1.82, 2.24) is 0 Å². The largest absolute Gasteiger partial charge is 0.196 e. The fourth-order valence-corrected chi connectivity index (χ4v) is 1.66. The molecule has 1 atom stereocenters. The molecule has 1 saturated carbocycles. The number of hydrogen-bond acceptors (Lipinski definition) is 3. The van der Waals surface area contributed by atoms with E-state index in [1.165, 1.54) is 6.42 Å². The van der Waals surface area contributed by atoms with Crippen LogP contribution in [-0.2, 0) is 0 Å². The third kappa shape index (κ3) is 2.01. The summed E-state index contributed by atoms with van der Waals surface area (Å²) in [5, 5.41) is 11.4. The monoisotopic (exact) mass is 152 g/mol. The summed E-state index contributed by atoms with van der Waals surface area (Å²) < 4.78 is 0. The summed E-state index contributed by atoms with van der Waals surface area (Å²) in [6, 6.07) is 1.35. The lowest BCUT2D eigenvalue weighted by Crippen LogP contribution is -2.19. The molecule has 1 unspecified atom stereocenters. The summed E-state index contributed by atoms with van der Waals surface area (Å²) in [6.45, 7) is 0. The standard InChI is InChI=1S/C8H12N2O/c9-6-8(10-11)7-4-2-1-3-5-7/h7-8H,1-5H2. The minimum Gasteiger partial charge on any atom is -0.196 e. The van der Waals surface area contributed by atoms with Crippen molar-refractivity contribution in [3.8, 4) is 6.07 Å². The van der Waals surface area contributed by atoms with Gasteiger partial charge < -0.3 is 0 Å². The minimum absolute atomic E-state index is 0.242. The smallest absolute Gasteiger partial charge is 0.181 e. The molecule has 11 heavy (non-hydrogen) atoms. The van der Waals surface area contributed by atoms with Crippen LogP contribution in [0, 0.1) is 22.2 Å². The van der Waals surface area contributed by atoms with Gasteiger partial charge in [-0.25, -0.2) is 0 Å². The van der Waals surface area contributed by atoms with Crippen molar-refractivity contribution in [2.75, 3.05) is 0 Å². The first-order valence-corrected chi connectivity index (χ1v) is 4.10. The van der Waals surface area contributed by atoms with E-state index >= 15 is 0 Å². The summed E-state index contributed by atoms with van der Waals surface area (Å²) in [4.78, 5) is 10.2. The number of nitroso groups, excluding NO2 is 1. The zero-order valence-electron chi connectivity index (χ0n) is 6.49. The summed E-state index contributed by atoms with van der Waals surface area (Å²) >= 11 is 0. The van der Waals surface area contributed by atoms with Crippen LogP contribution in [0.25, 0.3) is 0 Å². The fraction of sp³-hybridized carbons (Fsp3) is 0.875. The lowest BCUT2D eigenvalue weighted by Gasteiger charge is -2.21. The van der Waals surface area contributed by atoms with Gasteiger partial charge in [-0.05, 0) is 18.8 Å². The van der Waals surface area contributed by atoms with E-state index in [4.69, 9.17) is 5.26 Å². The van der Waals surface area contributed by atoms with Crippen molar-refractivity contribution < 1.29 is 0 Å². The Labute approximate surface area is 66.4 Å². The lowest BCUT2D eigenvalue weighted by atomic mass is 9.85. The second-order valence-corrected chi connectivity index (χ2v) is 3.08. The molecule has 0 amide bonds. The van der Waals surface area contributed by atoms with Crippen LogP contribution in [0.15, 0.2) is 5.18 Å². The highest BCUT2D eigenvalue weighted by Crippen LogP contribution is 2.27. The molecule has 1 fully saturated rings. The highest BCUT2D eigenvalue weighted by atomic mass is 16.3. The maximum Gasteiger partial charge on any atom is 0.181 e. The molecule has 0 aromatic carbocycles. The number of nitriles is 1. The van der Waals surface area contributed by atoms with Gasteiger partial charge in [0.2, 0.25) is 0 Å². The van der Waals surface area contributed by atoms with E-state index in [1.807, 2.05) is 6.07 Å². The van der Waals surface area contributed by atoms with E-state index in [-0.39, 0.29) is 5.92 Å². The van der Waals surface area contributed by atoms with Gasteiger partial charge in [-0.3, -0.25) is 0 Å². The first-order valence-electron chi connectivity index (χ1n) is 4.10. The van der Waals surface area contributed by atoms with E-state index in [2.05, 4.69) is 5.18 Å². The maximum atomic E-state index is 10.2. The quantitative estimate of drug-likeness (QED) is 0.569. The van der Waals surface area contributed by atoms with Crippen LogP contribution in [0.1, 0.15) is 32.1 Å². The predicted octanol–water partition coefficient (Wildman–Crippen LogP) is 2.23. The zero-order valence-corrected chi connectivity index (χ0v) is 6.49. The van der Waals surface area contributed by atoms with Crippen molar-refractivity contribution in [3.63, 3.8) is 0 Å². The van der Waals surface area contributed by atoms with Crippen LogP contribution < -0.4 is 0 Å². The third-order valence-corrected chi connectivity index (χ3v) is 2.34. The number of rotatable bonds is 2. The molecule has 0 N–H and O–H groups in total. The van der Waals surface area contributed by atoms with Crippen LogP contribution in [0.4, 0.5) is 0 Å². The summed E-state index contributed by atoms with van der Waals surface area (Å²) in [6.07, 6.45) is 5.55. The first-order chi connectivity index (χ1) is 5.38. The van der Waals surface area contributed by atoms with Crippen molar-refractivity contribution in [3.05, 3.63) is 4.91 Å². The molecule has 60 valence electrons. The van der Waals surface area contributed by atoms with Gasteiger partial charge in [0.05, 0.1) is 6.07 Å². The van der Waals surface area contributed by atoms with Gasteiger partial charge in [-0.15, -0.1) is 4.91 Å². The summed E-state index contributed by atoms with van der Waals surface area (Å²) in [5.41, 5.74) is 0. The fourth-order valence-electron chi connectivity index (χ4n) is 1.66. The molecule has 0 bridgehead atoms. The average Bonchev–Trinajstić information content (AvgIpc) is 2.09. The molecule has 3 nitrogen and oxygen atoms in total. The Morgan fingerprint density at radius 1 is 1.36 bits per heavy atom. The molecule has 0 aromatic heterocycles. The Morgan fingerprint density at radius 2 is 2.00 bits per heavy atom. The Hall–Kier alpha value is -0.910. The highest BCUT2D eigenvalue weighted by Gasteiger charge is 2.23. The molecular formula is C8H12N2O. The summed E-state index contributed by atoms with van der Waals surface area (Å²) in [7, 11) is 0. The molecule has 0 saturated heterocycles. The Bertz CT molecular complexity index is 167. The first kappa shape index (κ1) is 8.19. The van der Waals surface area contributed by atoms with Gasteiger partial charge in [0.1, 0.15) is 0 Å². The topological polar surface area (TPSA) is 53.2 Å². The molecular weight excluding hydrogens is 140 g/mol. The van der Waals surface area contributed by atoms with E-state index in [0.29, 0.717) is 0 Å². The SMILES string of the molecule is N#CC(N=O)C1CCCCC1. The van der Waals surface area contributed by atoms with Gasteiger partial charge in [-0.1, -0.05) is 24.4 Å². The van der Waals surface area contributed by atoms with Crippen LogP contribution in [0.3, 0.4) is 0 Å². The van der Waals surface area contributed by atoms with Crippen LogP contribution >= 0.6 is 0 Å². The predicted molar refractivity (Wildman–Crippen MR) is 41.8 cm³/mol. The zero-order chi connectivity index (χ0) is 8.10.